The first kappa shape index (κ1) is 15.6. The Balaban J connectivity index is 1.40. The van der Waals surface area contributed by atoms with Crippen molar-refractivity contribution >= 4 is 33.2 Å². The molecule has 0 fully saturated rings. The van der Waals surface area contributed by atoms with Crippen molar-refractivity contribution in [2.45, 2.75) is 19.4 Å². The van der Waals surface area contributed by atoms with Crippen LogP contribution in [0.25, 0.3) is 0 Å². The Hall–Kier alpha value is -1.24. The van der Waals surface area contributed by atoms with Crippen LogP contribution in [-0.4, -0.2) is 35.4 Å². The molecule has 1 N–H and O–H groups in total. The highest BCUT2D eigenvalue weighted by molar-refractivity contribution is 9.11. The molecule has 4 nitrogen and oxygen atoms in total. The third-order valence-corrected chi connectivity index (χ3v) is 5.29. The Morgan fingerprint density at radius 3 is 2.95 bits per heavy atom. The smallest absolute Gasteiger partial charge is 0.280 e. The van der Waals surface area contributed by atoms with Crippen LogP contribution < -0.4 is 5.32 Å². The quantitative estimate of drug-likeness (QED) is 0.811. The maximum absolute atomic E-state index is 11.9. The number of fused-ring (bicyclic) bond motifs is 1. The highest BCUT2D eigenvalue weighted by Crippen LogP contribution is 2.19. The molecule has 0 atom stereocenters. The van der Waals surface area contributed by atoms with Crippen molar-refractivity contribution in [3.8, 4) is 0 Å². The van der Waals surface area contributed by atoms with E-state index in [1.54, 1.807) is 6.20 Å². The summed E-state index contributed by atoms with van der Waals surface area (Å²) in [7, 11) is 0. The Morgan fingerprint density at radius 2 is 2.18 bits per heavy atom. The van der Waals surface area contributed by atoms with E-state index in [9.17, 15) is 4.79 Å². The summed E-state index contributed by atoms with van der Waals surface area (Å²) in [5.74, 6) is -0.0836. The molecule has 3 rings (SSSR count). The van der Waals surface area contributed by atoms with Crippen molar-refractivity contribution in [1.29, 1.82) is 0 Å². The average molecular weight is 380 g/mol. The zero-order valence-corrected chi connectivity index (χ0v) is 14.6. The lowest BCUT2D eigenvalue weighted by Crippen LogP contribution is -2.33. The Morgan fingerprint density at radius 1 is 1.36 bits per heavy atom. The molecule has 0 saturated heterocycles. The third kappa shape index (κ3) is 3.94. The fourth-order valence-electron chi connectivity index (χ4n) is 2.68. The van der Waals surface area contributed by atoms with Crippen molar-refractivity contribution < 1.29 is 4.79 Å². The number of carbonyl (C=O) groups is 1. The van der Waals surface area contributed by atoms with Crippen LogP contribution in [0.5, 0.6) is 0 Å². The van der Waals surface area contributed by atoms with Crippen LogP contribution in [0.2, 0.25) is 0 Å². The monoisotopic (exact) mass is 379 g/mol. The van der Waals surface area contributed by atoms with Gasteiger partial charge in [0.1, 0.15) is 0 Å². The van der Waals surface area contributed by atoms with Gasteiger partial charge >= 0.3 is 0 Å². The number of thiazole rings is 1. The van der Waals surface area contributed by atoms with Gasteiger partial charge in [0.15, 0.2) is 5.01 Å². The first-order chi connectivity index (χ1) is 10.7. The molecule has 6 heteroatoms. The van der Waals surface area contributed by atoms with Gasteiger partial charge in [-0.1, -0.05) is 24.3 Å². The van der Waals surface area contributed by atoms with Crippen molar-refractivity contribution in [3.05, 3.63) is 50.4 Å². The number of halogens is 1. The Kier molecular flexibility index (Phi) is 5.23. The molecule has 1 aromatic heterocycles. The van der Waals surface area contributed by atoms with E-state index in [1.165, 1.54) is 22.5 Å². The molecule has 1 aromatic carbocycles. The molecule has 0 radical (unpaired) electrons. The molecule has 1 amide bonds. The predicted octanol–water partition coefficient (Wildman–Crippen LogP) is 3.08. The Bertz CT molecular complexity index is 658. The van der Waals surface area contributed by atoms with Crippen LogP contribution in [0.1, 0.15) is 27.3 Å². The normalized spacial score (nSPS) is 14.6. The summed E-state index contributed by atoms with van der Waals surface area (Å²) in [4.78, 5) is 18.4. The van der Waals surface area contributed by atoms with Crippen LogP contribution in [0.3, 0.4) is 0 Å². The number of hydrogen-bond donors (Lipinski definition) is 1. The van der Waals surface area contributed by atoms with Crippen LogP contribution in [0, 0.1) is 0 Å². The zero-order chi connectivity index (χ0) is 15.4. The number of amides is 1. The van der Waals surface area contributed by atoms with Gasteiger partial charge in [0.05, 0.1) is 9.98 Å². The number of rotatable bonds is 5. The second-order valence-electron chi connectivity index (χ2n) is 5.37. The molecule has 0 unspecified atom stereocenters. The third-order valence-electron chi connectivity index (χ3n) is 3.82. The molecule has 1 aliphatic rings. The van der Waals surface area contributed by atoms with Crippen LogP contribution in [0.15, 0.2) is 34.2 Å². The number of aromatic nitrogens is 1. The molecular formula is C16H18BrN3OS. The van der Waals surface area contributed by atoms with E-state index < -0.39 is 0 Å². The first-order valence-electron chi connectivity index (χ1n) is 7.41. The summed E-state index contributed by atoms with van der Waals surface area (Å²) >= 11 is 4.67. The van der Waals surface area contributed by atoms with Gasteiger partial charge in [-0.2, -0.15) is 0 Å². The molecule has 1 aliphatic heterocycles. The van der Waals surface area contributed by atoms with E-state index in [-0.39, 0.29) is 5.91 Å². The molecular weight excluding hydrogens is 362 g/mol. The topological polar surface area (TPSA) is 45.2 Å². The second kappa shape index (κ2) is 7.35. The van der Waals surface area contributed by atoms with Gasteiger partial charge in [-0.3, -0.25) is 9.69 Å². The molecule has 0 bridgehead atoms. The summed E-state index contributed by atoms with van der Waals surface area (Å²) in [6, 6.07) is 8.65. The summed E-state index contributed by atoms with van der Waals surface area (Å²) in [6.07, 6.45) is 3.74. The van der Waals surface area contributed by atoms with Gasteiger partial charge in [0, 0.05) is 26.2 Å². The minimum absolute atomic E-state index is 0.0836. The van der Waals surface area contributed by atoms with E-state index in [0.717, 1.165) is 36.3 Å². The largest absolute Gasteiger partial charge is 0.350 e. The van der Waals surface area contributed by atoms with Gasteiger partial charge in [0.25, 0.3) is 5.91 Å². The van der Waals surface area contributed by atoms with E-state index in [4.69, 9.17) is 0 Å². The van der Waals surface area contributed by atoms with Gasteiger partial charge in [-0.15, -0.1) is 11.3 Å². The van der Waals surface area contributed by atoms with Gasteiger partial charge in [-0.25, -0.2) is 4.98 Å². The van der Waals surface area contributed by atoms with E-state index in [2.05, 4.69) is 55.4 Å². The number of nitrogens with zero attached hydrogens (tertiary/aromatic N) is 2. The average Bonchev–Trinajstić information content (AvgIpc) is 2.98. The van der Waals surface area contributed by atoms with E-state index in [1.807, 2.05) is 0 Å². The number of nitrogens with one attached hydrogen (secondary N) is 1. The highest BCUT2D eigenvalue weighted by Gasteiger charge is 2.15. The molecule has 0 spiro atoms. The zero-order valence-electron chi connectivity index (χ0n) is 12.2. The van der Waals surface area contributed by atoms with Crippen LogP contribution >= 0.6 is 27.3 Å². The molecule has 2 heterocycles. The minimum Gasteiger partial charge on any atom is -0.350 e. The SMILES string of the molecule is O=C(NCCCN1CCc2ccccc2C1)c1ncc(Br)s1. The maximum atomic E-state index is 11.9. The molecule has 116 valence electrons. The fourth-order valence-corrected chi connectivity index (χ4v) is 3.81. The lowest BCUT2D eigenvalue weighted by molar-refractivity contribution is 0.0951. The minimum atomic E-state index is -0.0836. The summed E-state index contributed by atoms with van der Waals surface area (Å²) < 4.78 is 0.879. The van der Waals surface area contributed by atoms with Crippen LogP contribution in [-0.2, 0) is 13.0 Å². The van der Waals surface area contributed by atoms with Crippen molar-refractivity contribution in [2.24, 2.45) is 0 Å². The summed E-state index contributed by atoms with van der Waals surface area (Å²) in [5.41, 5.74) is 2.91. The lowest BCUT2D eigenvalue weighted by Gasteiger charge is -2.28. The number of benzene rings is 1. The van der Waals surface area contributed by atoms with Gasteiger partial charge in [0.2, 0.25) is 0 Å². The molecule has 0 saturated carbocycles. The van der Waals surface area contributed by atoms with Crippen molar-refractivity contribution in [2.75, 3.05) is 19.6 Å². The van der Waals surface area contributed by atoms with E-state index in [0.29, 0.717) is 11.6 Å². The standard InChI is InChI=1S/C16H18BrN3OS/c17-14-10-19-16(22-14)15(21)18-7-3-8-20-9-6-12-4-1-2-5-13(12)11-20/h1-2,4-5,10H,3,6-9,11H2,(H,18,21). The number of hydrogen-bond acceptors (Lipinski definition) is 4. The molecule has 2 aromatic rings. The van der Waals surface area contributed by atoms with E-state index >= 15 is 0 Å². The van der Waals surface area contributed by atoms with Crippen molar-refractivity contribution in [1.82, 2.24) is 15.2 Å². The summed E-state index contributed by atoms with van der Waals surface area (Å²) in [6.45, 7) is 3.82. The fraction of sp³-hybridized carbons (Fsp3) is 0.375. The highest BCUT2D eigenvalue weighted by atomic mass is 79.9. The van der Waals surface area contributed by atoms with Gasteiger partial charge < -0.3 is 5.32 Å². The first-order valence-corrected chi connectivity index (χ1v) is 9.02. The predicted molar refractivity (Wildman–Crippen MR) is 92.2 cm³/mol. The van der Waals surface area contributed by atoms with Crippen LogP contribution in [0.4, 0.5) is 0 Å². The summed E-state index contributed by atoms with van der Waals surface area (Å²) in [5, 5.41) is 3.45. The maximum Gasteiger partial charge on any atom is 0.280 e. The number of carbonyl (C=O) groups excluding carboxylic acids is 1. The lowest BCUT2D eigenvalue weighted by atomic mass is 10.00. The Labute approximate surface area is 142 Å². The molecule has 22 heavy (non-hydrogen) atoms. The second-order valence-corrected chi connectivity index (χ2v) is 7.78. The van der Waals surface area contributed by atoms with Crippen molar-refractivity contribution in [3.63, 3.8) is 0 Å². The van der Waals surface area contributed by atoms with Gasteiger partial charge in [-0.05, 0) is 39.9 Å². The molecule has 0 aliphatic carbocycles.